The van der Waals surface area contributed by atoms with Crippen LogP contribution in [0.5, 0.6) is 0 Å². The summed E-state index contributed by atoms with van der Waals surface area (Å²) in [5.74, 6) is 0.702. The normalized spacial score (nSPS) is 25.8. The average molecular weight is 250 g/mol. The molecule has 1 aliphatic heterocycles. The Bertz CT molecular complexity index is 334. The minimum atomic E-state index is 0.651. The van der Waals surface area contributed by atoms with Crippen molar-refractivity contribution in [3.8, 4) is 0 Å². The van der Waals surface area contributed by atoms with Gasteiger partial charge in [0.05, 0.1) is 6.54 Å². The SMILES string of the molecule is CCC1CN(CCn2cccn2)C(C(C)C)CN1. The standard InChI is InChI=1S/C14H26N4/c1-4-13-11-17(14(10-15-13)12(2)3)8-9-18-7-5-6-16-18/h5-7,12-15H,4,8-11H2,1-3H3. The maximum absolute atomic E-state index is 4.28. The average Bonchev–Trinajstić information content (AvgIpc) is 2.88. The van der Waals surface area contributed by atoms with Gasteiger partial charge in [0.2, 0.25) is 0 Å². The van der Waals surface area contributed by atoms with Gasteiger partial charge in [0.25, 0.3) is 0 Å². The van der Waals surface area contributed by atoms with Gasteiger partial charge in [-0.15, -0.1) is 0 Å². The van der Waals surface area contributed by atoms with Gasteiger partial charge in [0.15, 0.2) is 0 Å². The fourth-order valence-corrected chi connectivity index (χ4v) is 2.75. The minimum absolute atomic E-state index is 0.651. The molecule has 0 bridgehead atoms. The number of piperazine rings is 1. The lowest BCUT2D eigenvalue weighted by molar-refractivity contribution is 0.0923. The Morgan fingerprint density at radius 1 is 1.39 bits per heavy atom. The van der Waals surface area contributed by atoms with Gasteiger partial charge < -0.3 is 5.32 Å². The van der Waals surface area contributed by atoms with E-state index in [-0.39, 0.29) is 0 Å². The highest BCUT2D eigenvalue weighted by atomic mass is 15.3. The molecular formula is C14H26N4. The van der Waals surface area contributed by atoms with Crippen molar-refractivity contribution >= 4 is 0 Å². The van der Waals surface area contributed by atoms with Gasteiger partial charge in [-0.2, -0.15) is 5.10 Å². The number of nitrogens with zero attached hydrogens (tertiary/aromatic N) is 3. The van der Waals surface area contributed by atoms with Crippen LogP contribution in [-0.4, -0.2) is 46.4 Å². The van der Waals surface area contributed by atoms with E-state index in [0.717, 1.165) is 19.6 Å². The zero-order valence-electron chi connectivity index (χ0n) is 11.8. The van der Waals surface area contributed by atoms with Crippen LogP contribution in [0.25, 0.3) is 0 Å². The monoisotopic (exact) mass is 250 g/mol. The van der Waals surface area contributed by atoms with Gasteiger partial charge in [-0.25, -0.2) is 0 Å². The molecular weight excluding hydrogens is 224 g/mol. The van der Waals surface area contributed by atoms with Gasteiger partial charge in [-0.3, -0.25) is 9.58 Å². The van der Waals surface area contributed by atoms with Crippen LogP contribution in [0.1, 0.15) is 27.2 Å². The predicted octanol–water partition coefficient (Wildman–Crippen LogP) is 1.59. The van der Waals surface area contributed by atoms with Gasteiger partial charge in [0, 0.05) is 44.1 Å². The van der Waals surface area contributed by atoms with Crippen LogP contribution in [0, 0.1) is 5.92 Å². The molecule has 0 radical (unpaired) electrons. The molecule has 1 aromatic rings. The molecule has 102 valence electrons. The molecule has 0 aromatic carbocycles. The van der Waals surface area contributed by atoms with E-state index in [1.54, 1.807) is 0 Å². The summed E-state index contributed by atoms with van der Waals surface area (Å²) in [6, 6.07) is 3.30. The van der Waals surface area contributed by atoms with Gasteiger partial charge in [0.1, 0.15) is 0 Å². The van der Waals surface area contributed by atoms with Gasteiger partial charge in [-0.1, -0.05) is 20.8 Å². The number of hydrogen-bond acceptors (Lipinski definition) is 3. The van der Waals surface area contributed by atoms with Crippen molar-refractivity contribution in [2.24, 2.45) is 5.92 Å². The number of hydrogen-bond donors (Lipinski definition) is 1. The first kappa shape index (κ1) is 13.6. The van der Waals surface area contributed by atoms with Crippen molar-refractivity contribution in [1.82, 2.24) is 20.0 Å². The zero-order chi connectivity index (χ0) is 13.0. The summed E-state index contributed by atoms with van der Waals surface area (Å²) in [6.45, 7) is 11.3. The molecule has 1 fully saturated rings. The Labute approximate surface area is 110 Å². The molecule has 2 rings (SSSR count). The Kier molecular flexibility index (Phi) is 4.78. The summed E-state index contributed by atoms with van der Waals surface area (Å²) in [6.07, 6.45) is 5.11. The molecule has 1 N–H and O–H groups in total. The van der Waals surface area contributed by atoms with Crippen LogP contribution in [0.4, 0.5) is 0 Å². The molecule has 0 amide bonds. The number of nitrogens with one attached hydrogen (secondary N) is 1. The molecule has 1 saturated heterocycles. The summed E-state index contributed by atoms with van der Waals surface area (Å²) >= 11 is 0. The summed E-state index contributed by atoms with van der Waals surface area (Å²) < 4.78 is 2.03. The fraction of sp³-hybridized carbons (Fsp3) is 0.786. The summed E-state index contributed by atoms with van der Waals surface area (Å²) in [5.41, 5.74) is 0. The maximum Gasteiger partial charge on any atom is 0.0536 e. The van der Waals surface area contributed by atoms with Crippen LogP contribution in [-0.2, 0) is 6.54 Å². The molecule has 0 spiro atoms. The Morgan fingerprint density at radius 2 is 2.22 bits per heavy atom. The molecule has 2 unspecified atom stereocenters. The third-order valence-corrected chi connectivity index (χ3v) is 3.98. The highest BCUT2D eigenvalue weighted by molar-refractivity contribution is 4.87. The second-order valence-electron chi connectivity index (χ2n) is 5.59. The molecule has 0 saturated carbocycles. The van der Waals surface area contributed by atoms with Crippen molar-refractivity contribution in [3.05, 3.63) is 18.5 Å². The molecule has 2 atom stereocenters. The largest absolute Gasteiger partial charge is 0.311 e. The van der Waals surface area contributed by atoms with E-state index in [4.69, 9.17) is 0 Å². The van der Waals surface area contributed by atoms with Crippen LogP contribution >= 0.6 is 0 Å². The third-order valence-electron chi connectivity index (χ3n) is 3.98. The Balaban J connectivity index is 1.92. The van der Waals surface area contributed by atoms with Crippen molar-refractivity contribution in [1.29, 1.82) is 0 Å². The summed E-state index contributed by atoms with van der Waals surface area (Å²) in [4.78, 5) is 2.64. The Morgan fingerprint density at radius 3 is 2.83 bits per heavy atom. The van der Waals surface area contributed by atoms with Gasteiger partial charge >= 0.3 is 0 Å². The number of aromatic nitrogens is 2. The van der Waals surface area contributed by atoms with Crippen LogP contribution in [0.15, 0.2) is 18.5 Å². The summed E-state index contributed by atoms with van der Waals surface area (Å²) in [7, 11) is 0. The van der Waals surface area contributed by atoms with E-state index >= 15 is 0 Å². The molecule has 0 aliphatic carbocycles. The van der Waals surface area contributed by atoms with Crippen molar-refractivity contribution < 1.29 is 0 Å². The van der Waals surface area contributed by atoms with E-state index in [9.17, 15) is 0 Å². The topological polar surface area (TPSA) is 33.1 Å². The smallest absolute Gasteiger partial charge is 0.0536 e. The molecule has 1 aliphatic rings. The lowest BCUT2D eigenvalue weighted by Gasteiger charge is -2.42. The Hall–Kier alpha value is -0.870. The summed E-state index contributed by atoms with van der Waals surface area (Å²) in [5, 5.41) is 7.94. The third kappa shape index (κ3) is 3.33. The van der Waals surface area contributed by atoms with Crippen LogP contribution < -0.4 is 5.32 Å². The highest BCUT2D eigenvalue weighted by Crippen LogP contribution is 2.16. The first-order valence-electron chi connectivity index (χ1n) is 7.15. The zero-order valence-corrected chi connectivity index (χ0v) is 11.8. The van der Waals surface area contributed by atoms with Crippen LogP contribution in [0.3, 0.4) is 0 Å². The van der Waals surface area contributed by atoms with E-state index in [1.807, 2.05) is 23.1 Å². The predicted molar refractivity (Wildman–Crippen MR) is 74.5 cm³/mol. The first-order valence-corrected chi connectivity index (χ1v) is 7.15. The molecule has 4 heteroatoms. The molecule has 18 heavy (non-hydrogen) atoms. The maximum atomic E-state index is 4.28. The fourth-order valence-electron chi connectivity index (χ4n) is 2.75. The van der Waals surface area contributed by atoms with Crippen LogP contribution in [0.2, 0.25) is 0 Å². The van der Waals surface area contributed by atoms with Gasteiger partial charge in [-0.05, 0) is 18.4 Å². The van der Waals surface area contributed by atoms with E-state index < -0.39 is 0 Å². The van der Waals surface area contributed by atoms with E-state index in [1.165, 1.54) is 13.0 Å². The van der Waals surface area contributed by atoms with Crippen molar-refractivity contribution in [2.45, 2.75) is 45.8 Å². The van der Waals surface area contributed by atoms with E-state index in [0.29, 0.717) is 18.0 Å². The highest BCUT2D eigenvalue weighted by Gasteiger charge is 2.28. The number of rotatable bonds is 5. The van der Waals surface area contributed by atoms with Crippen molar-refractivity contribution in [3.63, 3.8) is 0 Å². The lowest BCUT2D eigenvalue weighted by atomic mass is 9.98. The minimum Gasteiger partial charge on any atom is -0.311 e. The lowest BCUT2D eigenvalue weighted by Crippen LogP contribution is -2.58. The first-order chi connectivity index (χ1) is 8.70. The molecule has 4 nitrogen and oxygen atoms in total. The molecule has 2 heterocycles. The molecule has 1 aromatic heterocycles. The van der Waals surface area contributed by atoms with E-state index in [2.05, 4.69) is 36.1 Å². The second kappa shape index (κ2) is 6.34. The van der Waals surface area contributed by atoms with Crippen molar-refractivity contribution in [2.75, 3.05) is 19.6 Å². The quantitative estimate of drug-likeness (QED) is 0.861. The second-order valence-corrected chi connectivity index (χ2v) is 5.59.